The van der Waals surface area contributed by atoms with Crippen LogP contribution in [0.5, 0.6) is 11.5 Å². The average Bonchev–Trinajstić information content (AvgIpc) is 3.09. The van der Waals surface area contributed by atoms with Gasteiger partial charge in [-0.05, 0) is 44.5 Å². The van der Waals surface area contributed by atoms with Crippen LogP contribution in [0.3, 0.4) is 0 Å². The van der Waals surface area contributed by atoms with E-state index in [0.717, 1.165) is 5.57 Å². The van der Waals surface area contributed by atoms with Crippen LogP contribution >= 0.6 is 0 Å². The van der Waals surface area contributed by atoms with Gasteiger partial charge in [0.15, 0.2) is 0 Å². The highest BCUT2D eigenvalue weighted by Crippen LogP contribution is 2.36. The number of hydrogen-bond donors (Lipinski definition) is 2. The number of phenols is 2. The summed E-state index contributed by atoms with van der Waals surface area (Å²) < 4.78 is 11.2. The van der Waals surface area contributed by atoms with E-state index in [0.29, 0.717) is 29.7 Å². The van der Waals surface area contributed by atoms with Gasteiger partial charge in [0.05, 0.1) is 17.7 Å². The summed E-state index contributed by atoms with van der Waals surface area (Å²) >= 11 is 0. The molecule has 2 N–H and O–H groups in total. The highest BCUT2D eigenvalue weighted by atomic mass is 16.5. The summed E-state index contributed by atoms with van der Waals surface area (Å²) in [7, 11) is 0. The Morgan fingerprint density at radius 2 is 2.00 bits per heavy atom. The third-order valence-corrected chi connectivity index (χ3v) is 4.25. The standard InChI is InChI=1S/C21H26O5/c1-5-14(4)21(24)26-19(9-6-13(2)3)15-10-20(25-12-15)17-11-16(22)7-8-18(17)23/h6-8,10-12,14,19,22-23H,5,9H2,1-4H3/t14-,19-/m1/s1. The largest absolute Gasteiger partial charge is 0.508 e. The number of benzene rings is 1. The van der Waals surface area contributed by atoms with E-state index in [-0.39, 0.29) is 23.4 Å². The highest BCUT2D eigenvalue weighted by Gasteiger charge is 2.22. The van der Waals surface area contributed by atoms with Gasteiger partial charge in [0, 0.05) is 12.0 Å². The molecular weight excluding hydrogens is 332 g/mol. The maximum Gasteiger partial charge on any atom is 0.309 e. The van der Waals surface area contributed by atoms with Crippen LogP contribution in [-0.4, -0.2) is 16.2 Å². The van der Waals surface area contributed by atoms with Crippen LogP contribution in [0.4, 0.5) is 0 Å². The molecule has 0 bridgehead atoms. The van der Waals surface area contributed by atoms with Crippen molar-refractivity contribution in [1.82, 2.24) is 0 Å². The first-order valence-corrected chi connectivity index (χ1v) is 8.76. The molecule has 0 unspecified atom stereocenters. The van der Waals surface area contributed by atoms with E-state index in [4.69, 9.17) is 9.15 Å². The number of allylic oxidation sites excluding steroid dienone is 1. The van der Waals surface area contributed by atoms with E-state index in [1.54, 1.807) is 6.07 Å². The number of rotatable bonds is 7. The van der Waals surface area contributed by atoms with Gasteiger partial charge in [-0.3, -0.25) is 4.79 Å². The van der Waals surface area contributed by atoms with Gasteiger partial charge >= 0.3 is 5.97 Å². The number of carbonyl (C=O) groups is 1. The molecule has 0 saturated carbocycles. The Morgan fingerprint density at radius 1 is 1.27 bits per heavy atom. The van der Waals surface area contributed by atoms with Crippen molar-refractivity contribution < 1.29 is 24.2 Å². The van der Waals surface area contributed by atoms with E-state index in [2.05, 4.69) is 0 Å². The van der Waals surface area contributed by atoms with Crippen molar-refractivity contribution in [3.63, 3.8) is 0 Å². The molecule has 0 aliphatic rings. The first kappa shape index (κ1) is 19.6. The molecule has 0 aliphatic heterocycles. The lowest BCUT2D eigenvalue weighted by Crippen LogP contribution is -2.17. The average molecular weight is 358 g/mol. The van der Waals surface area contributed by atoms with Crippen molar-refractivity contribution in [3.05, 3.63) is 47.7 Å². The van der Waals surface area contributed by atoms with Crippen LogP contribution in [0.1, 0.15) is 52.2 Å². The first-order chi connectivity index (χ1) is 12.3. The Morgan fingerprint density at radius 3 is 2.65 bits per heavy atom. The van der Waals surface area contributed by atoms with E-state index in [9.17, 15) is 15.0 Å². The molecule has 1 heterocycles. The number of carbonyl (C=O) groups excluding carboxylic acids is 1. The quantitative estimate of drug-likeness (QED) is 0.396. The topological polar surface area (TPSA) is 79.9 Å². The number of phenolic OH excluding ortho intramolecular Hbond substituents is 2. The minimum Gasteiger partial charge on any atom is -0.508 e. The fourth-order valence-electron chi connectivity index (χ4n) is 2.40. The van der Waals surface area contributed by atoms with Crippen LogP contribution in [0, 0.1) is 5.92 Å². The predicted molar refractivity (Wildman–Crippen MR) is 99.8 cm³/mol. The molecule has 0 amide bonds. The van der Waals surface area contributed by atoms with Crippen molar-refractivity contribution in [2.24, 2.45) is 5.92 Å². The SMILES string of the molecule is CC[C@@H](C)C(=O)O[C@H](CC=C(C)C)c1coc(-c2cc(O)ccc2O)c1. The molecule has 140 valence electrons. The molecule has 0 fully saturated rings. The zero-order chi connectivity index (χ0) is 19.3. The Labute approximate surface area is 153 Å². The van der Waals surface area contributed by atoms with Crippen molar-refractivity contribution >= 4 is 5.97 Å². The zero-order valence-corrected chi connectivity index (χ0v) is 15.7. The van der Waals surface area contributed by atoms with Crippen molar-refractivity contribution in [2.75, 3.05) is 0 Å². The van der Waals surface area contributed by atoms with Crippen molar-refractivity contribution in [1.29, 1.82) is 0 Å². The number of hydrogen-bond acceptors (Lipinski definition) is 5. The normalized spacial score (nSPS) is 13.1. The molecule has 5 heteroatoms. The second-order valence-electron chi connectivity index (χ2n) is 6.70. The Bertz CT molecular complexity index is 783. The summed E-state index contributed by atoms with van der Waals surface area (Å²) in [6, 6.07) is 5.95. The van der Waals surface area contributed by atoms with E-state index >= 15 is 0 Å². The summed E-state index contributed by atoms with van der Waals surface area (Å²) in [6.07, 6.45) is 4.31. The Hall–Kier alpha value is -2.69. The maximum absolute atomic E-state index is 12.2. The lowest BCUT2D eigenvalue weighted by atomic mass is 10.1. The molecule has 0 radical (unpaired) electrons. The van der Waals surface area contributed by atoms with Gasteiger partial charge in [0.1, 0.15) is 23.4 Å². The van der Waals surface area contributed by atoms with Crippen molar-refractivity contribution in [2.45, 2.75) is 46.6 Å². The second-order valence-corrected chi connectivity index (χ2v) is 6.70. The van der Waals surface area contributed by atoms with Gasteiger partial charge in [0.2, 0.25) is 0 Å². The van der Waals surface area contributed by atoms with Crippen LogP contribution in [0.15, 0.2) is 46.6 Å². The molecule has 5 nitrogen and oxygen atoms in total. The minimum absolute atomic E-state index is 0.00106. The molecule has 0 spiro atoms. The van der Waals surface area contributed by atoms with Crippen LogP contribution in [0.2, 0.25) is 0 Å². The van der Waals surface area contributed by atoms with Gasteiger partial charge in [-0.2, -0.15) is 0 Å². The van der Waals surface area contributed by atoms with Gasteiger partial charge in [-0.15, -0.1) is 0 Å². The number of aromatic hydroxyl groups is 2. The lowest BCUT2D eigenvalue weighted by Gasteiger charge is -2.17. The summed E-state index contributed by atoms with van der Waals surface area (Å²) in [4.78, 5) is 12.2. The summed E-state index contributed by atoms with van der Waals surface area (Å²) in [5.41, 5.74) is 2.21. The third-order valence-electron chi connectivity index (χ3n) is 4.25. The molecule has 1 aromatic carbocycles. The zero-order valence-electron chi connectivity index (χ0n) is 15.7. The van der Waals surface area contributed by atoms with Gasteiger partial charge < -0.3 is 19.4 Å². The summed E-state index contributed by atoms with van der Waals surface area (Å²) in [6.45, 7) is 7.75. The van der Waals surface area contributed by atoms with Crippen LogP contribution in [-0.2, 0) is 9.53 Å². The first-order valence-electron chi connectivity index (χ1n) is 8.76. The van der Waals surface area contributed by atoms with Gasteiger partial charge in [-0.25, -0.2) is 0 Å². The third kappa shape index (κ3) is 4.91. The predicted octanol–water partition coefficient (Wildman–Crippen LogP) is 5.34. The Balaban J connectivity index is 2.30. The monoisotopic (exact) mass is 358 g/mol. The van der Waals surface area contributed by atoms with Gasteiger partial charge in [0.25, 0.3) is 0 Å². The van der Waals surface area contributed by atoms with Crippen LogP contribution in [0.25, 0.3) is 11.3 Å². The second kappa shape index (κ2) is 8.61. The molecule has 2 aromatic rings. The highest BCUT2D eigenvalue weighted by molar-refractivity contribution is 5.72. The van der Waals surface area contributed by atoms with E-state index in [1.807, 2.05) is 33.8 Å². The molecule has 2 rings (SSSR count). The maximum atomic E-state index is 12.2. The number of ether oxygens (including phenoxy) is 1. The van der Waals surface area contributed by atoms with E-state index < -0.39 is 6.10 Å². The molecule has 26 heavy (non-hydrogen) atoms. The minimum atomic E-state index is -0.469. The van der Waals surface area contributed by atoms with Gasteiger partial charge in [-0.1, -0.05) is 25.5 Å². The molecule has 0 saturated heterocycles. The molecule has 1 aromatic heterocycles. The van der Waals surface area contributed by atoms with Crippen LogP contribution < -0.4 is 0 Å². The molecular formula is C21H26O5. The van der Waals surface area contributed by atoms with Crippen molar-refractivity contribution in [3.8, 4) is 22.8 Å². The fourth-order valence-corrected chi connectivity index (χ4v) is 2.40. The van der Waals surface area contributed by atoms with E-state index in [1.165, 1.54) is 24.5 Å². The lowest BCUT2D eigenvalue weighted by molar-refractivity contribution is -0.153. The molecule has 0 aliphatic carbocycles. The summed E-state index contributed by atoms with van der Waals surface area (Å²) in [5, 5.41) is 19.6. The fraction of sp³-hybridized carbons (Fsp3) is 0.381. The molecule has 2 atom stereocenters. The number of furan rings is 1. The number of esters is 1. The Kier molecular flexibility index (Phi) is 6.50. The smallest absolute Gasteiger partial charge is 0.309 e. The summed E-state index contributed by atoms with van der Waals surface area (Å²) in [5.74, 6) is 0.00433.